The molecule has 112 valence electrons. The van der Waals surface area contributed by atoms with E-state index in [1.165, 1.54) is 0 Å². The van der Waals surface area contributed by atoms with Gasteiger partial charge in [-0.05, 0) is 11.6 Å². The third-order valence-electron chi connectivity index (χ3n) is 3.33. The van der Waals surface area contributed by atoms with Crippen molar-refractivity contribution in [3.05, 3.63) is 34.9 Å². The van der Waals surface area contributed by atoms with Gasteiger partial charge in [-0.3, -0.25) is 4.90 Å². The van der Waals surface area contributed by atoms with Gasteiger partial charge in [-0.15, -0.1) is 0 Å². The molecule has 1 aromatic carbocycles. The quantitative estimate of drug-likeness (QED) is 0.809. The van der Waals surface area contributed by atoms with Crippen molar-refractivity contribution in [1.29, 1.82) is 0 Å². The smallest absolute Gasteiger partial charge is 0.213 e. The third kappa shape index (κ3) is 5.03. The fourth-order valence-electron chi connectivity index (χ4n) is 2.09. The van der Waals surface area contributed by atoms with Crippen LogP contribution in [-0.4, -0.2) is 51.8 Å². The SMILES string of the molecule is O=S(=O)(CCN1CCNCC1)NCc1ccccc1Cl. The first kappa shape index (κ1) is 15.7. The van der Waals surface area contributed by atoms with Crippen molar-refractivity contribution in [2.24, 2.45) is 0 Å². The van der Waals surface area contributed by atoms with Crippen LogP contribution in [0.5, 0.6) is 0 Å². The van der Waals surface area contributed by atoms with E-state index in [0.29, 0.717) is 11.6 Å². The second-order valence-electron chi connectivity index (χ2n) is 4.82. The Bertz CT molecular complexity index is 530. The van der Waals surface area contributed by atoms with Gasteiger partial charge in [0.05, 0.1) is 5.75 Å². The van der Waals surface area contributed by atoms with E-state index in [9.17, 15) is 8.42 Å². The van der Waals surface area contributed by atoms with Gasteiger partial charge < -0.3 is 5.32 Å². The van der Waals surface area contributed by atoms with Gasteiger partial charge in [-0.2, -0.15) is 0 Å². The molecule has 1 heterocycles. The molecule has 1 saturated heterocycles. The van der Waals surface area contributed by atoms with Crippen molar-refractivity contribution < 1.29 is 8.42 Å². The molecule has 5 nitrogen and oxygen atoms in total. The van der Waals surface area contributed by atoms with E-state index in [-0.39, 0.29) is 12.3 Å². The number of nitrogens with zero attached hydrogens (tertiary/aromatic N) is 1. The summed E-state index contributed by atoms with van der Waals surface area (Å²) in [6, 6.07) is 7.24. The Hall–Kier alpha value is -0.660. The minimum absolute atomic E-state index is 0.122. The average molecular weight is 318 g/mol. The summed E-state index contributed by atoms with van der Waals surface area (Å²) in [4.78, 5) is 2.16. The van der Waals surface area contributed by atoms with E-state index in [4.69, 9.17) is 11.6 Å². The zero-order valence-corrected chi connectivity index (χ0v) is 12.9. The van der Waals surface area contributed by atoms with Crippen LogP contribution in [0.2, 0.25) is 5.02 Å². The molecule has 2 rings (SSSR count). The fourth-order valence-corrected chi connectivity index (χ4v) is 3.31. The predicted molar refractivity (Wildman–Crippen MR) is 81.4 cm³/mol. The molecule has 0 aliphatic carbocycles. The molecule has 0 amide bonds. The van der Waals surface area contributed by atoms with Gasteiger partial charge in [0, 0.05) is 44.3 Å². The molecule has 0 bridgehead atoms. The maximum atomic E-state index is 12.0. The van der Waals surface area contributed by atoms with Crippen LogP contribution in [0, 0.1) is 0 Å². The number of rotatable bonds is 6. The van der Waals surface area contributed by atoms with Crippen molar-refractivity contribution in [2.45, 2.75) is 6.54 Å². The zero-order chi connectivity index (χ0) is 14.4. The fraction of sp³-hybridized carbons (Fsp3) is 0.538. The lowest BCUT2D eigenvalue weighted by Crippen LogP contribution is -2.45. The van der Waals surface area contributed by atoms with Gasteiger partial charge in [0.25, 0.3) is 0 Å². The maximum Gasteiger partial charge on any atom is 0.213 e. The second-order valence-corrected chi connectivity index (χ2v) is 7.16. The second kappa shape index (κ2) is 7.38. The van der Waals surface area contributed by atoms with E-state index < -0.39 is 10.0 Å². The highest BCUT2D eigenvalue weighted by atomic mass is 35.5. The first-order valence-electron chi connectivity index (χ1n) is 6.71. The molecular weight excluding hydrogens is 298 g/mol. The summed E-state index contributed by atoms with van der Waals surface area (Å²) in [5.41, 5.74) is 0.792. The molecule has 1 aliphatic heterocycles. The molecule has 20 heavy (non-hydrogen) atoms. The Morgan fingerprint density at radius 2 is 1.95 bits per heavy atom. The summed E-state index contributed by atoms with van der Waals surface area (Å²) in [6.07, 6.45) is 0. The van der Waals surface area contributed by atoms with Crippen molar-refractivity contribution in [2.75, 3.05) is 38.5 Å². The molecule has 0 aromatic heterocycles. The molecule has 0 saturated carbocycles. The first-order valence-corrected chi connectivity index (χ1v) is 8.74. The summed E-state index contributed by atoms with van der Waals surface area (Å²) < 4.78 is 26.5. The molecule has 1 aliphatic rings. The number of piperazine rings is 1. The van der Waals surface area contributed by atoms with Crippen LogP contribution in [0.3, 0.4) is 0 Å². The molecule has 0 spiro atoms. The van der Waals surface area contributed by atoms with E-state index in [1.807, 2.05) is 18.2 Å². The number of hydrogen-bond acceptors (Lipinski definition) is 4. The van der Waals surface area contributed by atoms with E-state index in [1.54, 1.807) is 6.07 Å². The van der Waals surface area contributed by atoms with Gasteiger partial charge in [-0.1, -0.05) is 29.8 Å². The minimum Gasteiger partial charge on any atom is -0.314 e. The highest BCUT2D eigenvalue weighted by molar-refractivity contribution is 7.89. The van der Waals surface area contributed by atoms with Crippen LogP contribution in [-0.2, 0) is 16.6 Å². The van der Waals surface area contributed by atoms with Crippen LogP contribution in [0.1, 0.15) is 5.56 Å². The van der Waals surface area contributed by atoms with E-state index in [2.05, 4.69) is 14.9 Å². The first-order chi connectivity index (χ1) is 9.57. The topological polar surface area (TPSA) is 61.4 Å². The van der Waals surface area contributed by atoms with Crippen molar-refractivity contribution in [3.63, 3.8) is 0 Å². The Balaban J connectivity index is 1.80. The Morgan fingerprint density at radius 1 is 1.25 bits per heavy atom. The third-order valence-corrected chi connectivity index (χ3v) is 5.00. The molecular formula is C13H20ClN3O2S. The standard InChI is InChI=1S/C13H20ClN3O2S/c14-13-4-2-1-3-12(13)11-16-20(18,19)10-9-17-7-5-15-6-8-17/h1-4,15-16H,5-11H2. The Kier molecular flexibility index (Phi) is 5.80. The highest BCUT2D eigenvalue weighted by Crippen LogP contribution is 2.14. The van der Waals surface area contributed by atoms with Gasteiger partial charge in [0.2, 0.25) is 10.0 Å². The number of nitrogens with one attached hydrogen (secondary N) is 2. The lowest BCUT2D eigenvalue weighted by atomic mass is 10.2. The summed E-state index contributed by atoms with van der Waals surface area (Å²) in [5, 5.41) is 3.82. The number of sulfonamides is 1. The molecule has 7 heteroatoms. The summed E-state index contributed by atoms with van der Waals surface area (Å²) >= 11 is 6.00. The average Bonchev–Trinajstić information content (AvgIpc) is 2.46. The van der Waals surface area contributed by atoms with Crippen LogP contribution < -0.4 is 10.0 Å². The Morgan fingerprint density at radius 3 is 2.65 bits per heavy atom. The monoisotopic (exact) mass is 317 g/mol. The Labute approximate surface area is 125 Å². The summed E-state index contributed by atoms with van der Waals surface area (Å²) in [7, 11) is -3.27. The van der Waals surface area contributed by atoms with Crippen LogP contribution in [0.15, 0.2) is 24.3 Å². The molecule has 0 atom stereocenters. The minimum atomic E-state index is -3.27. The van der Waals surface area contributed by atoms with Crippen LogP contribution in [0.25, 0.3) is 0 Å². The normalized spacial score (nSPS) is 17.2. The van der Waals surface area contributed by atoms with Gasteiger partial charge in [0.15, 0.2) is 0 Å². The summed E-state index contributed by atoms with van der Waals surface area (Å²) in [5.74, 6) is 0.122. The van der Waals surface area contributed by atoms with Crippen LogP contribution >= 0.6 is 11.6 Å². The molecule has 0 unspecified atom stereocenters. The number of hydrogen-bond donors (Lipinski definition) is 2. The van der Waals surface area contributed by atoms with E-state index >= 15 is 0 Å². The van der Waals surface area contributed by atoms with E-state index in [0.717, 1.165) is 31.7 Å². The van der Waals surface area contributed by atoms with Gasteiger partial charge >= 0.3 is 0 Å². The number of benzene rings is 1. The molecule has 1 fully saturated rings. The lowest BCUT2D eigenvalue weighted by Gasteiger charge is -2.26. The van der Waals surface area contributed by atoms with Crippen molar-refractivity contribution in [3.8, 4) is 0 Å². The van der Waals surface area contributed by atoms with Crippen LogP contribution in [0.4, 0.5) is 0 Å². The van der Waals surface area contributed by atoms with Gasteiger partial charge in [-0.25, -0.2) is 13.1 Å². The predicted octanol–water partition coefficient (Wildman–Crippen LogP) is 0.665. The van der Waals surface area contributed by atoms with Gasteiger partial charge in [0.1, 0.15) is 0 Å². The summed E-state index contributed by atoms with van der Waals surface area (Å²) in [6.45, 7) is 4.46. The maximum absolute atomic E-state index is 12.0. The molecule has 1 aromatic rings. The molecule has 2 N–H and O–H groups in total. The number of halogens is 1. The lowest BCUT2D eigenvalue weighted by molar-refractivity contribution is 0.253. The zero-order valence-electron chi connectivity index (χ0n) is 11.3. The molecule has 0 radical (unpaired) electrons. The largest absolute Gasteiger partial charge is 0.314 e. The van der Waals surface area contributed by atoms with Crippen molar-refractivity contribution in [1.82, 2.24) is 14.9 Å². The van der Waals surface area contributed by atoms with Crippen molar-refractivity contribution >= 4 is 21.6 Å². The highest BCUT2D eigenvalue weighted by Gasteiger charge is 2.15.